The molecular formula is C29H40N6OS. The van der Waals surface area contributed by atoms with E-state index in [0.717, 1.165) is 43.7 Å². The standard InChI is InChI=1S/C29H40N6OS/c1-32(2)25-8-6-24(7-9-25)31-29(37)30-14-26-13-21-10-11-34(26)19-23(21)18-33-15-20-12-22(17-33)27-4-3-5-28(36)35(27)16-20/h3-9,20-23,26H,10-19H2,1-2H3,(H2,30,31,37)/t20-,21-,22+,23-,26+/m0/s1. The van der Waals surface area contributed by atoms with Crippen molar-refractivity contribution in [2.75, 3.05) is 63.6 Å². The second-order valence-electron chi connectivity index (χ2n) is 11.9. The Morgan fingerprint density at radius 1 is 1.05 bits per heavy atom. The fourth-order valence-corrected chi connectivity index (χ4v) is 7.57. The van der Waals surface area contributed by atoms with E-state index in [4.69, 9.17) is 12.2 Å². The fourth-order valence-electron chi connectivity index (χ4n) is 7.37. The molecule has 1 aromatic carbocycles. The molecule has 6 atom stereocenters. The number of hydrogen-bond donors (Lipinski definition) is 2. The minimum Gasteiger partial charge on any atom is -0.378 e. The molecule has 2 aromatic rings. The van der Waals surface area contributed by atoms with Crippen molar-refractivity contribution in [1.29, 1.82) is 0 Å². The summed E-state index contributed by atoms with van der Waals surface area (Å²) in [6.45, 7) is 7.65. The van der Waals surface area contributed by atoms with Gasteiger partial charge in [-0.15, -0.1) is 0 Å². The Hall–Kier alpha value is -2.42. The van der Waals surface area contributed by atoms with E-state index < -0.39 is 0 Å². The summed E-state index contributed by atoms with van der Waals surface area (Å²) >= 11 is 5.60. The molecule has 5 aliphatic rings. The molecule has 6 heterocycles. The lowest BCUT2D eigenvalue weighted by Gasteiger charge is -2.52. The summed E-state index contributed by atoms with van der Waals surface area (Å²) in [5, 5.41) is 7.53. The molecule has 1 unspecified atom stereocenters. The van der Waals surface area contributed by atoms with Crippen LogP contribution in [-0.2, 0) is 6.54 Å². The lowest BCUT2D eigenvalue weighted by molar-refractivity contribution is -0.0189. The van der Waals surface area contributed by atoms with E-state index in [1.54, 1.807) is 6.07 Å². The van der Waals surface area contributed by atoms with Crippen molar-refractivity contribution >= 4 is 28.7 Å². The van der Waals surface area contributed by atoms with Crippen molar-refractivity contribution in [3.05, 3.63) is 58.5 Å². The van der Waals surface area contributed by atoms with Gasteiger partial charge in [0.2, 0.25) is 0 Å². The Morgan fingerprint density at radius 2 is 1.89 bits per heavy atom. The van der Waals surface area contributed by atoms with Crippen LogP contribution in [0.5, 0.6) is 0 Å². The third-order valence-corrected chi connectivity index (χ3v) is 9.45. The zero-order chi connectivity index (χ0) is 25.5. The van der Waals surface area contributed by atoms with Crippen molar-refractivity contribution in [2.45, 2.75) is 37.8 Å². The Morgan fingerprint density at radius 3 is 2.65 bits per heavy atom. The summed E-state index contributed by atoms with van der Waals surface area (Å²) in [5.74, 6) is 2.67. The summed E-state index contributed by atoms with van der Waals surface area (Å²) in [5.41, 5.74) is 3.63. The Kier molecular flexibility index (Phi) is 6.99. The van der Waals surface area contributed by atoms with Crippen molar-refractivity contribution in [1.82, 2.24) is 19.7 Å². The summed E-state index contributed by atoms with van der Waals surface area (Å²) in [4.78, 5) is 19.9. The van der Waals surface area contributed by atoms with Crippen LogP contribution in [0.25, 0.3) is 0 Å². The maximum atomic E-state index is 12.4. The second-order valence-corrected chi connectivity index (χ2v) is 12.3. The lowest BCUT2D eigenvalue weighted by atomic mass is 9.74. The summed E-state index contributed by atoms with van der Waals surface area (Å²) in [6.07, 6.45) is 3.82. The van der Waals surface area contributed by atoms with Crippen LogP contribution in [-0.4, -0.2) is 78.9 Å². The molecule has 4 bridgehead atoms. The van der Waals surface area contributed by atoms with Gasteiger partial charge in [0.25, 0.3) is 5.56 Å². The molecule has 5 aliphatic heterocycles. The number of fused-ring (bicyclic) bond motifs is 7. The molecular weight excluding hydrogens is 480 g/mol. The third kappa shape index (κ3) is 5.29. The highest BCUT2D eigenvalue weighted by molar-refractivity contribution is 7.80. The Bertz CT molecular complexity index is 1180. The SMILES string of the molecule is CN(C)c1ccc(NC(=S)NC[C@H]2C[C@@H]3CCN2C[C@@H]3CN2C[C@@H]3C[C@H](C2)c2cccc(=O)n2C3)cc1. The van der Waals surface area contributed by atoms with Crippen LogP contribution < -0.4 is 21.1 Å². The normalized spacial score (nSPS) is 30.4. The van der Waals surface area contributed by atoms with E-state index in [2.05, 4.69) is 55.7 Å². The van der Waals surface area contributed by atoms with Crippen molar-refractivity contribution in [3.63, 3.8) is 0 Å². The van der Waals surface area contributed by atoms with Crippen LogP contribution in [0, 0.1) is 17.8 Å². The summed E-state index contributed by atoms with van der Waals surface area (Å²) in [7, 11) is 4.10. The molecule has 4 saturated heterocycles. The molecule has 0 saturated carbocycles. The van der Waals surface area contributed by atoms with E-state index in [-0.39, 0.29) is 5.56 Å². The van der Waals surface area contributed by atoms with Gasteiger partial charge in [-0.05, 0) is 86.1 Å². The second kappa shape index (κ2) is 10.4. The molecule has 0 aliphatic carbocycles. The molecule has 2 N–H and O–H groups in total. The molecule has 198 valence electrons. The van der Waals surface area contributed by atoms with E-state index in [1.807, 2.05) is 24.7 Å². The molecule has 4 fully saturated rings. The van der Waals surface area contributed by atoms with Gasteiger partial charge in [0, 0.05) is 88.5 Å². The van der Waals surface area contributed by atoms with Gasteiger partial charge in [-0.3, -0.25) is 9.69 Å². The first-order chi connectivity index (χ1) is 17.9. The van der Waals surface area contributed by atoms with E-state index >= 15 is 0 Å². The van der Waals surface area contributed by atoms with Gasteiger partial charge < -0.3 is 25.0 Å². The van der Waals surface area contributed by atoms with Gasteiger partial charge in [0.05, 0.1) is 0 Å². The highest BCUT2D eigenvalue weighted by Gasteiger charge is 2.42. The summed E-state index contributed by atoms with van der Waals surface area (Å²) in [6, 6.07) is 14.7. The van der Waals surface area contributed by atoms with Gasteiger partial charge in [-0.25, -0.2) is 0 Å². The first kappa shape index (κ1) is 24.9. The minimum atomic E-state index is 0.176. The van der Waals surface area contributed by atoms with Crippen LogP contribution in [0.1, 0.15) is 30.9 Å². The van der Waals surface area contributed by atoms with E-state index in [1.165, 1.54) is 50.3 Å². The number of pyridine rings is 1. The van der Waals surface area contributed by atoms with Gasteiger partial charge in [-0.1, -0.05) is 6.07 Å². The molecule has 1 aromatic heterocycles. The van der Waals surface area contributed by atoms with E-state index in [0.29, 0.717) is 23.0 Å². The van der Waals surface area contributed by atoms with Gasteiger partial charge >= 0.3 is 0 Å². The number of likely N-dealkylation sites (tertiary alicyclic amines) is 1. The van der Waals surface area contributed by atoms with Gasteiger partial charge in [0.15, 0.2) is 5.11 Å². The largest absolute Gasteiger partial charge is 0.378 e. The molecule has 0 spiro atoms. The number of thiocarbonyl (C=S) groups is 1. The number of anilines is 2. The molecule has 7 rings (SSSR count). The smallest absolute Gasteiger partial charge is 0.250 e. The maximum absolute atomic E-state index is 12.4. The predicted molar refractivity (Wildman–Crippen MR) is 155 cm³/mol. The van der Waals surface area contributed by atoms with Crippen molar-refractivity contribution in [3.8, 4) is 0 Å². The van der Waals surface area contributed by atoms with Gasteiger partial charge in [0.1, 0.15) is 0 Å². The van der Waals surface area contributed by atoms with Crippen LogP contribution in [0.4, 0.5) is 11.4 Å². The molecule has 0 radical (unpaired) electrons. The minimum absolute atomic E-state index is 0.176. The topological polar surface area (TPSA) is 55.8 Å². The lowest BCUT2D eigenvalue weighted by Crippen LogP contribution is -2.59. The zero-order valence-electron chi connectivity index (χ0n) is 22.1. The monoisotopic (exact) mass is 520 g/mol. The molecule has 7 nitrogen and oxygen atoms in total. The Labute approximate surface area is 225 Å². The number of nitrogens with one attached hydrogen (secondary N) is 2. The number of piperidine rings is 4. The number of benzene rings is 1. The number of hydrogen-bond acceptors (Lipinski definition) is 5. The zero-order valence-corrected chi connectivity index (χ0v) is 22.9. The quantitative estimate of drug-likeness (QED) is 0.568. The van der Waals surface area contributed by atoms with Crippen LogP contribution in [0.15, 0.2) is 47.3 Å². The fraction of sp³-hybridized carbons (Fsp3) is 0.586. The van der Waals surface area contributed by atoms with Crippen LogP contribution in [0.3, 0.4) is 0 Å². The highest BCUT2D eigenvalue weighted by atomic mass is 32.1. The number of rotatable bonds is 6. The molecule has 37 heavy (non-hydrogen) atoms. The Balaban J connectivity index is 0.998. The average Bonchev–Trinajstić information content (AvgIpc) is 2.89. The average molecular weight is 521 g/mol. The molecule has 0 amide bonds. The van der Waals surface area contributed by atoms with Crippen molar-refractivity contribution in [2.24, 2.45) is 17.8 Å². The van der Waals surface area contributed by atoms with Crippen molar-refractivity contribution < 1.29 is 0 Å². The van der Waals surface area contributed by atoms with Gasteiger partial charge in [-0.2, -0.15) is 0 Å². The first-order valence-electron chi connectivity index (χ1n) is 13.9. The van der Waals surface area contributed by atoms with E-state index in [9.17, 15) is 4.79 Å². The van der Waals surface area contributed by atoms with Crippen LogP contribution in [0.2, 0.25) is 0 Å². The maximum Gasteiger partial charge on any atom is 0.250 e. The summed E-state index contributed by atoms with van der Waals surface area (Å²) < 4.78 is 2.04. The van der Waals surface area contributed by atoms with Crippen LogP contribution >= 0.6 is 12.2 Å². The third-order valence-electron chi connectivity index (χ3n) is 9.20. The predicted octanol–water partition coefficient (Wildman–Crippen LogP) is 3.03. The number of aromatic nitrogens is 1. The highest BCUT2D eigenvalue weighted by Crippen LogP contribution is 2.39. The first-order valence-corrected chi connectivity index (χ1v) is 14.3. The molecule has 8 heteroatoms. The number of nitrogens with zero attached hydrogens (tertiary/aromatic N) is 4.